The van der Waals surface area contributed by atoms with Crippen molar-refractivity contribution in [2.45, 2.75) is 26.4 Å². The van der Waals surface area contributed by atoms with Gasteiger partial charge in [-0.3, -0.25) is 0 Å². The SMILES string of the molecule is C=C(CO)OCOC(C)CC. The number of hydrogen-bond donors (Lipinski definition) is 1. The van der Waals surface area contributed by atoms with Gasteiger partial charge in [0.2, 0.25) is 0 Å². The number of rotatable bonds is 6. The van der Waals surface area contributed by atoms with Crippen LogP contribution in [0.15, 0.2) is 12.3 Å². The number of aliphatic hydroxyl groups excluding tert-OH is 1. The van der Waals surface area contributed by atoms with Crippen molar-refractivity contribution >= 4 is 0 Å². The smallest absolute Gasteiger partial charge is 0.188 e. The Morgan fingerprint density at radius 3 is 2.73 bits per heavy atom. The van der Waals surface area contributed by atoms with Crippen molar-refractivity contribution in [3.05, 3.63) is 12.3 Å². The molecule has 0 aliphatic rings. The zero-order valence-electron chi connectivity index (χ0n) is 7.17. The van der Waals surface area contributed by atoms with Gasteiger partial charge in [-0.25, -0.2) is 0 Å². The fourth-order valence-electron chi connectivity index (χ4n) is 0.397. The van der Waals surface area contributed by atoms with Crippen molar-refractivity contribution in [2.24, 2.45) is 0 Å². The van der Waals surface area contributed by atoms with Crippen LogP contribution in [0.2, 0.25) is 0 Å². The molecule has 0 radical (unpaired) electrons. The molecule has 0 saturated heterocycles. The van der Waals surface area contributed by atoms with E-state index in [0.717, 1.165) is 6.42 Å². The van der Waals surface area contributed by atoms with E-state index in [-0.39, 0.29) is 19.5 Å². The standard InChI is InChI=1S/C8H16O3/c1-4-7(2)10-6-11-8(3)5-9/h7,9H,3-6H2,1-2H3. The van der Waals surface area contributed by atoms with E-state index in [1.807, 2.05) is 13.8 Å². The highest BCUT2D eigenvalue weighted by Gasteiger charge is 1.97. The molecule has 0 aromatic heterocycles. The van der Waals surface area contributed by atoms with E-state index < -0.39 is 0 Å². The van der Waals surface area contributed by atoms with Crippen LogP contribution >= 0.6 is 0 Å². The van der Waals surface area contributed by atoms with Crippen LogP contribution in [-0.2, 0) is 9.47 Å². The maximum atomic E-state index is 8.48. The Bertz CT molecular complexity index is 112. The minimum Gasteiger partial charge on any atom is -0.470 e. The summed E-state index contributed by atoms with van der Waals surface area (Å²) in [7, 11) is 0. The molecule has 0 saturated carbocycles. The Balaban J connectivity index is 3.20. The van der Waals surface area contributed by atoms with Gasteiger partial charge in [0.1, 0.15) is 5.76 Å². The number of hydrogen-bond acceptors (Lipinski definition) is 3. The van der Waals surface area contributed by atoms with Gasteiger partial charge in [-0.2, -0.15) is 0 Å². The van der Waals surface area contributed by atoms with Crippen LogP contribution in [0, 0.1) is 0 Å². The molecule has 0 heterocycles. The van der Waals surface area contributed by atoms with Crippen LogP contribution < -0.4 is 0 Å². The van der Waals surface area contributed by atoms with E-state index in [1.165, 1.54) is 0 Å². The highest BCUT2D eigenvalue weighted by Crippen LogP contribution is 1.98. The van der Waals surface area contributed by atoms with E-state index in [9.17, 15) is 0 Å². The largest absolute Gasteiger partial charge is 0.470 e. The molecule has 0 fully saturated rings. The van der Waals surface area contributed by atoms with Gasteiger partial charge in [0.15, 0.2) is 6.79 Å². The van der Waals surface area contributed by atoms with Crippen molar-refractivity contribution in [3.8, 4) is 0 Å². The van der Waals surface area contributed by atoms with Crippen LogP contribution in [0.3, 0.4) is 0 Å². The molecule has 11 heavy (non-hydrogen) atoms. The summed E-state index contributed by atoms with van der Waals surface area (Å²) in [6.07, 6.45) is 1.15. The fraction of sp³-hybridized carbons (Fsp3) is 0.750. The van der Waals surface area contributed by atoms with Crippen molar-refractivity contribution in [1.29, 1.82) is 0 Å². The molecule has 0 aromatic rings. The second kappa shape index (κ2) is 6.19. The maximum absolute atomic E-state index is 8.48. The van der Waals surface area contributed by atoms with E-state index in [2.05, 4.69) is 6.58 Å². The van der Waals surface area contributed by atoms with Crippen molar-refractivity contribution in [3.63, 3.8) is 0 Å². The highest BCUT2D eigenvalue weighted by molar-refractivity contribution is 4.79. The van der Waals surface area contributed by atoms with Crippen molar-refractivity contribution in [1.82, 2.24) is 0 Å². The molecule has 3 nitrogen and oxygen atoms in total. The average molecular weight is 160 g/mol. The summed E-state index contributed by atoms with van der Waals surface area (Å²) in [5, 5.41) is 8.48. The van der Waals surface area contributed by atoms with Crippen LogP contribution in [-0.4, -0.2) is 24.6 Å². The molecule has 66 valence electrons. The minimum absolute atomic E-state index is 0.149. The zero-order chi connectivity index (χ0) is 8.69. The summed E-state index contributed by atoms with van der Waals surface area (Å²) >= 11 is 0. The first-order valence-electron chi connectivity index (χ1n) is 3.73. The Hall–Kier alpha value is -0.540. The van der Waals surface area contributed by atoms with Gasteiger partial charge >= 0.3 is 0 Å². The summed E-state index contributed by atoms with van der Waals surface area (Å²) < 4.78 is 10.1. The third-order valence-electron chi connectivity index (χ3n) is 1.37. The second-order valence-electron chi connectivity index (χ2n) is 2.34. The summed E-state index contributed by atoms with van der Waals surface area (Å²) in [5.74, 6) is 0.341. The highest BCUT2D eigenvalue weighted by atomic mass is 16.7. The molecule has 1 atom stereocenters. The van der Waals surface area contributed by atoms with Gasteiger partial charge in [0.05, 0.1) is 12.7 Å². The minimum atomic E-state index is -0.149. The molecule has 1 N–H and O–H groups in total. The predicted molar refractivity (Wildman–Crippen MR) is 43.0 cm³/mol. The van der Waals surface area contributed by atoms with Gasteiger partial charge in [-0.15, -0.1) is 0 Å². The average Bonchev–Trinajstić information content (AvgIpc) is 2.04. The monoisotopic (exact) mass is 160 g/mol. The quantitative estimate of drug-likeness (QED) is 0.470. The zero-order valence-corrected chi connectivity index (χ0v) is 7.17. The van der Waals surface area contributed by atoms with Crippen LogP contribution in [0.4, 0.5) is 0 Å². The lowest BCUT2D eigenvalue weighted by atomic mass is 10.3. The lowest BCUT2D eigenvalue weighted by molar-refractivity contribution is -0.0648. The molecule has 3 heteroatoms. The van der Waals surface area contributed by atoms with Crippen molar-refractivity contribution in [2.75, 3.05) is 13.4 Å². The van der Waals surface area contributed by atoms with E-state index >= 15 is 0 Å². The number of ether oxygens (including phenoxy) is 2. The van der Waals surface area contributed by atoms with Crippen LogP contribution in [0.5, 0.6) is 0 Å². The van der Waals surface area contributed by atoms with E-state index in [4.69, 9.17) is 14.6 Å². The van der Waals surface area contributed by atoms with E-state index in [0.29, 0.717) is 5.76 Å². The Kier molecular flexibility index (Phi) is 5.88. The molecule has 0 spiro atoms. The number of aliphatic hydroxyl groups is 1. The van der Waals surface area contributed by atoms with Crippen molar-refractivity contribution < 1.29 is 14.6 Å². The molecule has 0 aromatic carbocycles. The molecular formula is C8H16O3. The molecule has 0 bridgehead atoms. The first kappa shape index (κ1) is 10.5. The topological polar surface area (TPSA) is 38.7 Å². The Morgan fingerprint density at radius 2 is 2.27 bits per heavy atom. The van der Waals surface area contributed by atoms with E-state index in [1.54, 1.807) is 0 Å². The van der Waals surface area contributed by atoms with Gasteiger partial charge in [0, 0.05) is 0 Å². The predicted octanol–water partition coefficient (Wildman–Crippen LogP) is 1.28. The third-order valence-corrected chi connectivity index (χ3v) is 1.37. The van der Waals surface area contributed by atoms with Gasteiger partial charge < -0.3 is 14.6 Å². The first-order chi connectivity index (χ1) is 5.20. The van der Waals surface area contributed by atoms with Gasteiger partial charge in [0.25, 0.3) is 0 Å². The maximum Gasteiger partial charge on any atom is 0.188 e. The molecule has 0 aliphatic carbocycles. The van der Waals surface area contributed by atoms with Gasteiger partial charge in [-0.05, 0) is 13.3 Å². The molecular weight excluding hydrogens is 144 g/mol. The van der Waals surface area contributed by atoms with Gasteiger partial charge in [-0.1, -0.05) is 13.5 Å². The van der Waals surface area contributed by atoms with Crippen LogP contribution in [0.25, 0.3) is 0 Å². The van der Waals surface area contributed by atoms with Crippen LogP contribution in [0.1, 0.15) is 20.3 Å². The normalized spacial score (nSPS) is 12.6. The molecule has 1 unspecified atom stereocenters. The Morgan fingerprint density at radius 1 is 1.64 bits per heavy atom. The molecule has 0 amide bonds. The lowest BCUT2D eigenvalue weighted by Gasteiger charge is -2.11. The molecule has 0 rings (SSSR count). The third kappa shape index (κ3) is 5.88. The summed E-state index contributed by atoms with van der Waals surface area (Å²) in [4.78, 5) is 0. The first-order valence-corrected chi connectivity index (χ1v) is 3.73. The summed E-state index contributed by atoms with van der Waals surface area (Å²) in [5.41, 5.74) is 0. The Labute approximate surface area is 67.6 Å². The molecule has 0 aliphatic heterocycles. The fourth-order valence-corrected chi connectivity index (χ4v) is 0.397. The summed E-state index contributed by atoms with van der Waals surface area (Å²) in [6, 6.07) is 0. The second-order valence-corrected chi connectivity index (χ2v) is 2.34. The summed E-state index contributed by atoms with van der Waals surface area (Å²) in [6.45, 7) is 7.47. The lowest BCUT2D eigenvalue weighted by Crippen LogP contribution is -2.10.